The topological polar surface area (TPSA) is 98.4 Å². The van der Waals surface area contributed by atoms with Gasteiger partial charge in [0.2, 0.25) is 0 Å². The molecule has 10 heteroatoms. The molecule has 1 aliphatic rings. The van der Waals surface area contributed by atoms with Crippen LogP contribution >= 0.6 is 0 Å². The van der Waals surface area contributed by atoms with Crippen molar-refractivity contribution >= 4 is 23.1 Å². The minimum atomic E-state index is -0.605. The first-order valence-corrected chi connectivity index (χ1v) is 11.6. The summed E-state index contributed by atoms with van der Waals surface area (Å²) in [5.74, 6) is -0.143. The Kier molecular flexibility index (Phi) is 6.76. The molecule has 0 spiro atoms. The van der Waals surface area contributed by atoms with Crippen LogP contribution in [0.15, 0.2) is 73.2 Å². The Bertz CT molecular complexity index is 1340. The largest absolute Gasteiger partial charge is 0.454 e. The summed E-state index contributed by atoms with van der Waals surface area (Å²) in [6, 6.07) is 14.8. The molecule has 0 radical (unpaired) electrons. The van der Waals surface area contributed by atoms with Crippen LogP contribution < -0.4 is 20.3 Å². The number of halogens is 1. The van der Waals surface area contributed by atoms with E-state index in [4.69, 9.17) is 4.74 Å². The molecule has 0 saturated carbocycles. The van der Waals surface area contributed by atoms with Gasteiger partial charge >= 0.3 is 6.03 Å². The maximum absolute atomic E-state index is 14.7. The van der Waals surface area contributed by atoms with E-state index >= 15 is 0 Å². The number of rotatable bonds is 6. The van der Waals surface area contributed by atoms with Gasteiger partial charge in [0, 0.05) is 73.3 Å². The zero-order chi connectivity index (χ0) is 24.9. The molecule has 184 valence electrons. The monoisotopic (exact) mass is 487 g/mol. The van der Waals surface area contributed by atoms with Gasteiger partial charge in [0.15, 0.2) is 11.6 Å². The number of urea groups is 1. The van der Waals surface area contributed by atoms with Gasteiger partial charge in [0.1, 0.15) is 5.75 Å². The highest BCUT2D eigenvalue weighted by Gasteiger charge is 2.15. The molecule has 36 heavy (non-hydrogen) atoms. The Morgan fingerprint density at radius 1 is 1.03 bits per heavy atom. The number of hydrogen-bond donors (Lipinski definition) is 3. The van der Waals surface area contributed by atoms with Crippen molar-refractivity contribution < 1.29 is 13.9 Å². The first-order valence-electron chi connectivity index (χ1n) is 11.6. The summed E-state index contributed by atoms with van der Waals surface area (Å²) >= 11 is 0. The lowest BCUT2D eigenvalue weighted by atomic mass is 10.2. The van der Waals surface area contributed by atoms with Crippen LogP contribution in [-0.2, 0) is 0 Å². The molecule has 0 atom stereocenters. The molecule has 9 nitrogen and oxygen atoms in total. The average Bonchev–Trinajstić information content (AvgIpc) is 3.42. The number of anilines is 3. The predicted octanol–water partition coefficient (Wildman–Crippen LogP) is 4.80. The summed E-state index contributed by atoms with van der Waals surface area (Å²) in [6.07, 6.45) is 4.93. The van der Waals surface area contributed by atoms with E-state index in [-0.39, 0.29) is 5.75 Å². The van der Waals surface area contributed by atoms with Crippen molar-refractivity contribution in [1.29, 1.82) is 0 Å². The van der Waals surface area contributed by atoms with Crippen molar-refractivity contribution in [2.24, 2.45) is 0 Å². The number of ether oxygens (including phenoxy) is 1. The van der Waals surface area contributed by atoms with E-state index in [2.05, 4.69) is 42.7 Å². The van der Waals surface area contributed by atoms with Crippen LogP contribution in [0.5, 0.6) is 11.5 Å². The van der Waals surface area contributed by atoms with E-state index in [0.717, 1.165) is 37.4 Å². The Morgan fingerprint density at radius 3 is 2.58 bits per heavy atom. The van der Waals surface area contributed by atoms with Crippen molar-refractivity contribution in [3.63, 3.8) is 0 Å². The number of nitrogens with zero attached hydrogens (tertiary/aromatic N) is 4. The Morgan fingerprint density at radius 2 is 1.83 bits per heavy atom. The fourth-order valence-electron chi connectivity index (χ4n) is 3.95. The maximum Gasteiger partial charge on any atom is 0.323 e. The van der Waals surface area contributed by atoms with E-state index < -0.39 is 11.8 Å². The highest BCUT2D eigenvalue weighted by atomic mass is 19.1. The van der Waals surface area contributed by atoms with Gasteiger partial charge < -0.3 is 25.2 Å². The second-order valence-electron chi connectivity index (χ2n) is 8.53. The lowest BCUT2D eigenvalue weighted by molar-refractivity contribution is 0.262. The Balaban J connectivity index is 1.20. The molecular weight excluding hydrogens is 461 g/mol. The van der Waals surface area contributed by atoms with E-state index in [0.29, 0.717) is 22.8 Å². The zero-order valence-corrected chi connectivity index (χ0v) is 19.7. The average molecular weight is 488 g/mol. The van der Waals surface area contributed by atoms with Gasteiger partial charge in [0.05, 0.1) is 11.9 Å². The van der Waals surface area contributed by atoms with Gasteiger partial charge in [-0.15, -0.1) is 0 Å². The quantitative estimate of drug-likeness (QED) is 0.362. The number of pyridine rings is 1. The first kappa shape index (κ1) is 23.3. The van der Waals surface area contributed by atoms with Crippen molar-refractivity contribution in [2.45, 2.75) is 0 Å². The van der Waals surface area contributed by atoms with E-state index in [1.807, 2.05) is 24.3 Å². The lowest BCUT2D eigenvalue weighted by Gasteiger charge is -2.34. The van der Waals surface area contributed by atoms with Crippen molar-refractivity contribution in [3.8, 4) is 22.8 Å². The second-order valence-corrected chi connectivity index (χ2v) is 8.53. The number of carbonyl (C=O) groups excluding carboxylic acids is 1. The molecule has 4 aromatic rings. The van der Waals surface area contributed by atoms with Gasteiger partial charge in [-0.05, 0) is 43.4 Å². The van der Waals surface area contributed by atoms with Gasteiger partial charge in [-0.1, -0.05) is 6.07 Å². The number of aromatic nitrogens is 3. The van der Waals surface area contributed by atoms with Gasteiger partial charge in [-0.3, -0.25) is 10.1 Å². The number of nitrogens with one attached hydrogen (secondary N) is 3. The minimum Gasteiger partial charge on any atom is -0.454 e. The Hall–Kier alpha value is -4.44. The van der Waals surface area contributed by atoms with Crippen molar-refractivity contribution in [3.05, 3.63) is 79.0 Å². The molecule has 5 rings (SSSR count). The highest BCUT2D eigenvalue weighted by Crippen LogP contribution is 2.29. The third-order valence-electron chi connectivity index (χ3n) is 5.92. The van der Waals surface area contributed by atoms with Crippen LogP contribution in [0.2, 0.25) is 0 Å². The zero-order valence-electron chi connectivity index (χ0n) is 19.7. The molecule has 1 saturated heterocycles. The highest BCUT2D eigenvalue weighted by molar-refractivity contribution is 6.00. The van der Waals surface area contributed by atoms with Crippen LogP contribution in [0.25, 0.3) is 11.3 Å². The normalized spacial score (nSPS) is 13.9. The predicted molar refractivity (Wildman–Crippen MR) is 137 cm³/mol. The number of likely N-dealkylation sites (N-methyl/N-ethyl adjacent to an activating group) is 1. The van der Waals surface area contributed by atoms with Crippen molar-refractivity contribution in [1.82, 2.24) is 20.1 Å². The van der Waals surface area contributed by atoms with Crippen LogP contribution in [-0.4, -0.2) is 59.3 Å². The third kappa shape index (κ3) is 5.61. The van der Waals surface area contributed by atoms with Crippen LogP contribution in [0.4, 0.5) is 26.2 Å². The Labute approximate surface area is 207 Å². The van der Waals surface area contributed by atoms with E-state index in [1.54, 1.807) is 36.8 Å². The number of aromatic amines is 1. The first-order chi connectivity index (χ1) is 17.5. The molecule has 0 unspecified atom stereocenters. The summed E-state index contributed by atoms with van der Waals surface area (Å²) in [4.78, 5) is 21.4. The van der Waals surface area contributed by atoms with Crippen LogP contribution in [0.1, 0.15) is 0 Å². The van der Waals surface area contributed by atoms with Gasteiger partial charge in [0.25, 0.3) is 0 Å². The third-order valence-corrected chi connectivity index (χ3v) is 5.92. The van der Waals surface area contributed by atoms with Crippen LogP contribution in [0.3, 0.4) is 0 Å². The molecule has 3 N–H and O–H groups in total. The van der Waals surface area contributed by atoms with Gasteiger partial charge in [-0.2, -0.15) is 5.10 Å². The standard InChI is InChI=1S/C26H26FN7O2/c1-33-9-11-34(12-10-33)21-4-2-3-19(13-21)31-26(35)32-20-5-6-25(23(27)14-20)36-22-7-8-28-24(15-22)18-16-29-30-17-18/h2-8,13-17H,9-12H2,1H3,(H,29,30)(H2,31,32,35). The summed E-state index contributed by atoms with van der Waals surface area (Å²) < 4.78 is 20.4. The molecule has 1 fully saturated rings. The minimum absolute atomic E-state index is 0.0326. The number of piperazine rings is 1. The van der Waals surface area contributed by atoms with Gasteiger partial charge in [-0.25, -0.2) is 9.18 Å². The summed E-state index contributed by atoms with van der Waals surface area (Å²) in [5, 5.41) is 12.1. The molecule has 2 aromatic heterocycles. The molecule has 2 amide bonds. The number of amides is 2. The number of H-pyrrole nitrogens is 1. The molecule has 0 aliphatic carbocycles. The fraction of sp³-hybridized carbons (Fsp3) is 0.192. The second kappa shape index (κ2) is 10.4. The van der Waals surface area contributed by atoms with Crippen LogP contribution in [0, 0.1) is 5.82 Å². The SMILES string of the molecule is CN1CCN(c2cccc(NC(=O)Nc3ccc(Oc4ccnc(-c5cn[nH]c5)c4)c(F)c3)c2)CC1. The van der Waals surface area contributed by atoms with E-state index in [9.17, 15) is 9.18 Å². The number of carbonyl (C=O) groups is 1. The fourth-order valence-corrected chi connectivity index (χ4v) is 3.95. The summed E-state index contributed by atoms with van der Waals surface area (Å²) in [5.41, 5.74) is 3.46. The molecule has 0 bridgehead atoms. The number of benzene rings is 2. The van der Waals surface area contributed by atoms with Crippen molar-refractivity contribution in [2.75, 3.05) is 48.8 Å². The molecule has 1 aliphatic heterocycles. The smallest absolute Gasteiger partial charge is 0.323 e. The summed E-state index contributed by atoms with van der Waals surface area (Å²) in [7, 11) is 2.11. The molecule has 2 aromatic carbocycles. The summed E-state index contributed by atoms with van der Waals surface area (Å²) in [6.45, 7) is 3.86. The van der Waals surface area contributed by atoms with E-state index in [1.165, 1.54) is 12.1 Å². The molecule has 3 heterocycles. The number of hydrogen-bond acceptors (Lipinski definition) is 6. The molecular formula is C26H26FN7O2. The maximum atomic E-state index is 14.7. The lowest BCUT2D eigenvalue weighted by Crippen LogP contribution is -2.44.